The Kier molecular flexibility index (Phi) is 27.5. The molecule has 0 heterocycles. The molecule has 0 aromatic heterocycles. The van der Waals surface area contributed by atoms with Gasteiger partial charge in [0.1, 0.15) is 11.6 Å². The van der Waals surface area contributed by atoms with Gasteiger partial charge in [0.25, 0.3) is 0 Å². The van der Waals surface area contributed by atoms with Gasteiger partial charge in [0.2, 0.25) is 5.91 Å². The molecule has 2 N–H and O–H groups in total. The summed E-state index contributed by atoms with van der Waals surface area (Å²) < 4.78 is 5.62. The summed E-state index contributed by atoms with van der Waals surface area (Å²) in [4.78, 5) is 57.1. The number of Topliss-reactive ketones (excluding diaryl/α,β-unsaturated/α-hetero) is 3. The molecule has 1 aromatic carbocycles. The average Bonchev–Trinajstić information content (AvgIpc) is 2.99. The molecule has 8 heteroatoms. The number of rotatable bonds is 19. The molecule has 0 aliphatic rings. The minimum absolute atomic E-state index is 0.00293. The molecule has 0 aliphatic heterocycles. The number of anilines is 1. The maximum Gasteiger partial charge on any atom is 0.216 e. The Morgan fingerprint density at radius 2 is 1.50 bits per heavy atom. The zero-order chi connectivity index (χ0) is 34.8. The predicted octanol–water partition coefficient (Wildman–Crippen LogP) is 8.27. The van der Waals surface area contributed by atoms with Crippen molar-refractivity contribution in [1.29, 1.82) is 0 Å². The summed E-state index contributed by atoms with van der Waals surface area (Å²) in [6, 6.07) is 5.32. The number of ketones is 3. The molecule has 1 amide bonds. The van der Waals surface area contributed by atoms with Crippen LogP contribution in [0.4, 0.5) is 5.69 Å². The second-order valence-corrected chi connectivity index (χ2v) is 11.7. The molecule has 0 spiro atoms. The van der Waals surface area contributed by atoms with E-state index in [0.717, 1.165) is 25.5 Å². The number of hydrogen-bond acceptors (Lipinski definition) is 7. The van der Waals surface area contributed by atoms with Crippen molar-refractivity contribution in [3.8, 4) is 0 Å². The molecule has 1 rings (SSSR count). The number of carbonyl (C=O) groups is 5. The maximum atomic E-state index is 12.4. The van der Waals surface area contributed by atoms with Crippen LogP contribution in [0.25, 0.3) is 0 Å². The first-order valence-electron chi connectivity index (χ1n) is 16.4. The third-order valence-corrected chi connectivity index (χ3v) is 6.66. The highest BCUT2D eigenvalue weighted by Crippen LogP contribution is 2.24. The smallest absolute Gasteiger partial charge is 0.216 e. The highest BCUT2D eigenvalue weighted by molar-refractivity contribution is 6.05. The molecule has 1 aromatic rings. The number of amides is 1. The zero-order valence-corrected chi connectivity index (χ0v) is 30.0. The van der Waals surface area contributed by atoms with Crippen molar-refractivity contribution in [2.45, 2.75) is 128 Å². The molecule has 0 aliphatic carbocycles. The van der Waals surface area contributed by atoms with Gasteiger partial charge in [-0.15, -0.1) is 0 Å². The molecule has 254 valence electrons. The van der Waals surface area contributed by atoms with E-state index >= 15 is 0 Å². The van der Waals surface area contributed by atoms with Crippen LogP contribution in [0.3, 0.4) is 0 Å². The normalized spacial score (nSPS) is 10.5. The van der Waals surface area contributed by atoms with Gasteiger partial charge in [-0.2, -0.15) is 0 Å². The average molecular weight is 621 g/mol. The van der Waals surface area contributed by atoms with E-state index in [1.54, 1.807) is 19.1 Å². The molecule has 0 saturated carbocycles. The van der Waals surface area contributed by atoms with Crippen molar-refractivity contribution >= 4 is 35.2 Å². The topological polar surface area (TPSA) is 119 Å². The summed E-state index contributed by atoms with van der Waals surface area (Å²) in [5.74, 6) is 0.367. The Hall–Kier alpha value is -2.87. The van der Waals surface area contributed by atoms with Crippen molar-refractivity contribution in [3.05, 3.63) is 29.3 Å². The third kappa shape index (κ3) is 21.8. The van der Waals surface area contributed by atoms with E-state index in [1.165, 1.54) is 6.92 Å². The number of unbranched alkanes of at least 4 members (excludes halogenated alkanes) is 1. The quantitative estimate of drug-likeness (QED) is 0.0908. The van der Waals surface area contributed by atoms with Gasteiger partial charge < -0.3 is 15.4 Å². The van der Waals surface area contributed by atoms with Crippen molar-refractivity contribution in [3.63, 3.8) is 0 Å². The monoisotopic (exact) mass is 620 g/mol. The lowest BCUT2D eigenvalue weighted by molar-refractivity contribution is -0.126. The van der Waals surface area contributed by atoms with Gasteiger partial charge in [-0.25, -0.2) is 0 Å². The number of benzene rings is 1. The summed E-state index contributed by atoms with van der Waals surface area (Å²) in [5, 5.41) is 5.97. The number of carbonyl (C=O) groups excluding carboxylic acids is 5. The largest absolute Gasteiger partial charge is 0.384 e. The predicted molar refractivity (Wildman–Crippen MR) is 184 cm³/mol. The first kappa shape index (κ1) is 45.6. The summed E-state index contributed by atoms with van der Waals surface area (Å²) in [6.07, 6.45) is 5.73. The molecule has 8 nitrogen and oxygen atoms in total. The Morgan fingerprint density at radius 1 is 0.886 bits per heavy atom. The highest BCUT2D eigenvalue weighted by Gasteiger charge is 2.24. The maximum absolute atomic E-state index is 12.4. The van der Waals surface area contributed by atoms with Crippen LogP contribution in [-0.4, -0.2) is 55.8 Å². The van der Waals surface area contributed by atoms with E-state index in [9.17, 15) is 24.0 Å². The Balaban J connectivity index is -0.000000829. The molecule has 0 unspecified atom stereocenters. The minimum Gasteiger partial charge on any atom is -0.384 e. The van der Waals surface area contributed by atoms with Crippen LogP contribution >= 0.6 is 0 Å². The molecule has 0 fully saturated rings. The first-order chi connectivity index (χ1) is 20.7. The fraction of sp³-hybridized carbons (Fsp3) is 0.694. The van der Waals surface area contributed by atoms with Gasteiger partial charge in [-0.3, -0.25) is 24.0 Å². The van der Waals surface area contributed by atoms with Crippen LogP contribution in [0.1, 0.15) is 149 Å². The van der Waals surface area contributed by atoms with Crippen LogP contribution < -0.4 is 10.6 Å². The van der Waals surface area contributed by atoms with Gasteiger partial charge in [0.15, 0.2) is 12.1 Å². The fourth-order valence-electron chi connectivity index (χ4n) is 3.63. The minimum atomic E-state index is -0.330. The summed E-state index contributed by atoms with van der Waals surface area (Å²) in [7, 11) is 0. The number of nitrogens with one attached hydrogen (secondary N) is 2. The highest BCUT2D eigenvalue weighted by atomic mass is 16.5. The van der Waals surface area contributed by atoms with E-state index in [1.807, 2.05) is 61.5 Å². The first-order valence-corrected chi connectivity index (χ1v) is 16.4. The van der Waals surface area contributed by atoms with E-state index in [0.29, 0.717) is 68.8 Å². The van der Waals surface area contributed by atoms with Crippen molar-refractivity contribution < 1.29 is 28.7 Å². The Bertz CT molecular complexity index is 969. The SMILES string of the molecule is CC.CC.CCCC(=O)CCC(C)(C)C(C)=O.CCCCC(=O)c1cccc(NCC(C)(C)COCCNC(C)=O)c1C=O. The Labute approximate surface area is 268 Å². The lowest BCUT2D eigenvalue weighted by Gasteiger charge is -2.26. The van der Waals surface area contributed by atoms with Crippen LogP contribution in [0.15, 0.2) is 18.2 Å². The molecule has 0 radical (unpaired) electrons. The van der Waals surface area contributed by atoms with E-state index in [4.69, 9.17) is 4.74 Å². The van der Waals surface area contributed by atoms with E-state index in [2.05, 4.69) is 24.5 Å². The van der Waals surface area contributed by atoms with Gasteiger partial charge >= 0.3 is 0 Å². The van der Waals surface area contributed by atoms with E-state index < -0.39 is 0 Å². The molecular weight excluding hydrogens is 556 g/mol. The number of ether oxygens (including phenoxy) is 1. The van der Waals surface area contributed by atoms with Gasteiger partial charge in [0.05, 0.1) is 13.2 Å². The molecule has 0 bridgehead atoms. The van der Waals surface area contributed by atoms with Crippen LogP contribution in [-0.2, 0) is 19.1 Å². The second-order valence-electron chi connectivity index (χ2n) is 11.7. The standard InChI is InChI=1S/C21H32N2O4.C11H20O2.2C2H6/c1-5-6-10-20(26)17-8-7-9-19(18(17)13-24)23-14-21(3,4)15-27-12-11-22-16(2)25;1-5-6-10(13)7-8-11(3,4)9(2)12;2*1-2/h7-9,13,23H,5-6,10-12,14-15H2,1-4H3,(H,22,25);5-8H2,1-4H3;2*1-2H3. The van der Waals surface area contributed by atoms with Gasteiger partial charge in [-0.1, -0.05) is 87.8 Å². The Morgan fingerprint density at radius 3 is 2.00 bits per heavy atom. The summed E-state index contributed by atoms with van der Waals surface area (Å²) >= 11 is 0. The van der Waals surface area contributed by atoms with Crippen molar-refractivity contribution in [2.24, 2.45) is 10.8 Å². The van der Waals surface area contributed by atoms with Gasteiger partial charge in [0, 0.05) is 66.9 Å². The molecule has 44 heavy (non-hydrogen) atoms. The lowest BCUT2D eigenvalue weighted by Crippen LogP contribution is -2.31. The van der Waals surface area contributed by atoms with E-state index in [-0.39, 0.29) is 34.1 Å². The molecule has 0 atom stereocenters. The second kappa shape index (κ2) is 26.5. The van der Waals surface area contributed by atoms with Gasteiger partial charge in [-0.05, 0) is 32.3 Å². The summed E-state index contributed by atoms with van der Waals surface area (Å²) in [6.45, 7) is 25.0. The zero-order valence-electron chi connectivity index (χ0n) is 30.0. The van der Waals surface area contributed by atoms with Crippen molar-refractivity contribution in [1.82, 2.24) is 5.32 Å². The fourth-order valence-corrected chi connectivity index (χ4v) is 3.63. The van der Waals surface area contributed by atoms with Crippen LogP contribution in [0, 0.1) is 10.8 Å². The van der Waals surface area contributed by atoms with Crippen LogP contribution in [0.2, 0.25) is 0 Å². The van der Waals surface area contributed by atoms with Crippen LogP contribution in [0.5, 0.6) is 0 Å². The molecule has 0 saturated heterocycles. The third-order valence-electron chi connectivity index (χ3n) is 6.66. The lowest BCUT2D eigenvalue weighted by atomic mass is 9.83. The van der Waals surface area contributed by atoms with Crippen molar-refractivity contribution in [2.75, 3.05) is 31.6 Å². The summed E-state index contributed by atoms with van der Waals surface area (Å²) in [5.41, 5.74) is 1.05. The molecular formula is C36H64N2O6. The number of hydrogen-bond donors (Lipinski definition) is 2. The number of aldehydes is 1.